The van der Waals surface area contributed by atoms with Gasteiger partial charge in [-0.1, -0.05) is 18.2 Å². The highest BCUT2D eigenvalue weighted by Crippen LogP contribution is 2.37. The van der Waals surface area contributed by atoms with Crippen LogP contribution in [-0.2, 0) is 30.3 Å². The van der Waals surface area contributed by atoms with E-state index in [0.29, 0.717) is 11.3 Å². The maximum atomic E-state index is 12.7. The van der Waals surface area contributed by atoms with E-state index in [-0.39, 0.29) is 18.1 Å². The summed E-state index contributed by atoms with van der Waals surface area (Å²) < 4.78 is 23.3. The molecular weight excluding hydrogens is 396 g/mol. The fourth-order valence-electron chi connectivity index (χ4n) is 3.16. The third-order valence-electron chi connectivity index (χ3n) is 4.34. The molecule has 2 aliphatic rings. The molecule has 3 rings (SSSR count). The van der Waals surface area contributed by atoms with Gasteiger partial charge in [-0.15, -0.1) is 0 Å². The molecule has 2 unspecified atom stereocenters. The standard InChI is InChI=1S/C20H24N2O6S/c1-12-11-29(26)18-15(21-14(23)10-27-13-8-6-5-7-9-13)17(24)22(18)16(12)19(25)28-20(2,3)4/h5-9,15,18H,10-11H2,1-4H3,(H,21,23)/t15?,18-,29?/m1/s1. The molecule has 156 valence electrons. The molecule has 0 bridgehead atoms. The van der Waals surface area contributed by atoms with E-state index in [1.54, 1.807) is 52.0 Å². The number of amides is 2. The molecule has 2 amide bonds. The summed E-state index contributed by atoms with van der Waals surface area (Å²) in [5.41, 5.74) is -0.0906. The normalized spacial score (nSPS) is 23.8. The third-order valence-corrected chi connectivity index (χ3v) is 6.08. The first-order valence-corrected chi connectivity index (χ1v) is 10.6. The number of hydrogen-bond donors (Lipinski definition) is 1. The molecule has 1 aromatic rings. The van der Waals surface area contributed by atoms with Gasteiger partial charge in [0.15, 0.2) is 12.6 Å². The van der Waals surface area contributed by atoms with Crippen molar-refractivity contribution in [3.05, 3.63) is 41.6 Å². The largest absolute Gasteiger partial charge is 0.614 e. The molecule has 8 nitrogen and oxygen atoms in total. The minimum absolute atomic E-state index is 0.112. The van der Waals surface area contributed by atoms with Crippen molar-refractivity contribution in [3.63, 3.8) is 0 Å². The SMILES string of the molecule is CC1=C(C(=O)OC(C)(C)C)N2C(=O)C(NC(=O)COc3ccccc3)[C@H]2[S+]([O-])C1. The molecule has 29 heavy (non-hydrogen) atoms. The lowest BCUT2D eigenvalue weighted by Crippen LogP contribution is -2.75. The number of nitrogens with one attached hydrogen (secondary N) is 1. The van der Waals surface area contributed by atoms with E-state index in [9.17, 15) is 18.9 Å². The topological polar surface area (TPSA) is 108 Å². The van der Waals surface area contributed by atoms with Crippen molar-refractivity contribution in [2.24, 2.45) is 0 Å². The summed E-state index contributed by atoms with van der Waals surface area (Å²) >= 11 is -1.44. The maximum Gasteiger partial charge on any atom is 0.355 e. The Bertz CT molecular complexity index is 848. The summed E-state index contributed by atoms with van der Waals surface area (Å²) in [4.78, 5) is 38.6. The smallest absolute Gasteiger partial charge is 0.355 e. The van der Waals surface area contributed by atoms with Crippen LogP contribution in [0.1, 0.15) is 27.7 Å². The van der Waals surface area contributed by atoms with E-state index in [0.717, 1.165) is 0 Å². The van der Waals surface area contributed by atoms with Crippen LogP contribution in [0.15, 0.2) is 41.6 Å². The molecule has 1 N–H and O–H groups in total. The first-order chi connectivity index (χ1) is 13.6. The Hall–Kier alpha value is -2.52. The van der Waals surface area contributed by atoms with Crippen molar-refractivity contribution in [2.45, 2.75) is 44.7 Å². The monoisotopic (exact) mass is 420 g/mol. The first kappa shape index (κ1) is 21.2. The Labute approximate surface area is 172 Å². The highest BCUT2D eigenvalue weighted by molar-refractivity contribution is 7.92. The number of hydrogen-bond acceptors (Lipinski definition) is 6. The van der Waals surface area contributed by atoms with Crippen LogP contribution >= 0.6 is 0 Å². The molecule has 0 aliphatic carbocycles. The Morgan fingerprint density at radius 2 is 1.93 bits per heavy atom. The number of rotatable bonds is 5. The van der Waals surface area contributed by atoms with Crippen molar-refractivity contribution >= 4 is 29.0 Å². The van der Waals surface area contributed by atoms with Gasteiger partial charge in [0.05, 0.1) is 0 Å². The lowest BCUT2D eigenvalue weighted by molar-refractivity contribution is -0.159. The van der Waals surface area contributed by atoms with Gasteiger partial charge in [-0.05, 0) is 51.0 Å². The number of benzene rings is 1. The van der Waals surface area contributed by atoms with Gasteiger partial charge >= 0.3 is 5.97 Å². The molecule has 1 fully saturated rings. The Balaban J connectivity index is 1.67. The molecule has 1 saturated heterocycles. The molecule has 2 heterocycles. The summed E-state index contributed by atoms with van der Waals surface area (Å²) in [6.45, 7) is 6.56. The van der Waals surface area contributed by atoms with Crippen LogP contribution in [-0.4, -0.2) is 56.6 Å². The van der Waals surface area contributed by atoms with Gasteiger partial charge in [-0.25, -0.2) is 4.79 Å². The van der Waals surface area contributed by atoms with Gasteiger partial charge in [0.1, 0.15) is 22.8 Å². The Morgan fingerprint density at radius 3 is 2.55 bits per heavy atom. The molecule has 3 atom stereocenters. The van der Waals surface area contributed by atoms with Gasteiger partial charge in [0, 0.05) is 5.57 Å². The van der Waals surface area contributed by atoms with Gasteiger partial charge in [0.25, 0.3) is 11.8 Å². The van der Waals surface area contributed by atoms with Crippen LogP contribution in [0.25, 0.3) is 0 Å². The zero-order valence-corrected chi connectivity index (χ0v) is 17.6. The second kappa shape index (κ2) is 8.08. The van der Waals surface area contributed by atoms with E-state index < -0.39 is 46.0 Å². The minimum Gasteiger partial charge on any atom is -0.614 e. The molecular formula is C20H24N2O6S. The number of para-hydroxylation sites is 1. The first-order valence-electron chi connectivity index (χ1n) is 9.19. The Morgan fingerprint density at radius 1 is 1.28 bits per heavy atom. The number of carbonyl (C=O) groups is 3. The summed E-state index contributed by atoms with van der Waals surface area (Å²) in [6, 6.07) is 7.83. The van der Waals surface area contributed by atoms with Crippen molar-refractivity contribution in [1.82, 2.24) is 10.2 Å². The highest BCUT2D eigenvalue weighted by atomic mass is 32.2. The van der Waals surface area contributed by atoms with Crippen molar-refractivity contribution in [1.29, 1.82) is 0 Å². The average Bonchev–Trinajstić information content (AvgIpc) is 2.63. The number of nitrogens with zero attached hydrogens (tertiary/aromatic N) is 1. The van der Waals surface area contributed by atoms with Crippen LogP contribution < -0.4 is 10.1 Å². The number of esters is 1. The summed E-state index contributed by atoms with van der Waals surface area (Å²) in [7, 11) is 0. The summed E-state index contributed by atoms with van der Waals surface area (Å²) in [6.07, 6.45) is 0. The predicted molar refractivity (Wildman–Crippen MR) is 106 cm³/mol. The van der Waals surface area contributed by atoms with Crippen LogP contribution in [0.3, 0.4) is 0 Å². The van der Waals surface area contributed by atoms with E-state index >= 15 is 0 Å². The van der Waals surface area contributed by atoms with E-state index in [1.807, 2.05) is 6.07 Å². The van der Waals surface area contributed by atoms with Gasteiger partial charge in [-0.2, -0.15) is 0 Å². The van der Waals surface area contributed by atoms with Gasteiger partial charge < -0.3 is 19.3 Å². The van der Waals surface area contributed by atoms with Crippen LogP contribution in [0.4, 0.5) is 0 Å². The lowest BCUT2D eigenvalue weighted by Gasteiger charge is -2.49. The zero-order valence-electron chi connectivity index (χ0n) is 16.8. The minimum atomic E-state index is -1.44. The molecule has 0 radical (unpaired) electrons. The van der Waals surface area contributed by atoms with E-state index in [2.05, 4.69) is 5.32 Å². The second-order valence-corrected chi connectivity index (χ2v) is 9.43. The van der Waals surface area contributed by atoms with Gasteiger partial charge in [0.2, 0.25) is 5.37 Å². The number of ether oxygens (including phenoxy) is 2. The fourth-order valence-corrected chi connectivity index (χ4v) is 4.82. The van der Waals surface area contributed by atoms with Crippen molar-refractivity contribution in [2.75, 3.05) is 12.4 Å². The third kappa shape index (κ3) is 4.56. The van der Waals surface area contributed by atoms with Gasteiger partial charge in [-0.3, -0.25) is 14.5 Å². The van der Waals surface area contributed by atoms with E-state index in [1.165, 1.54) is 4.90 Å². The van der Waals surface area contributed by atoms with Crippen LogP contribution in [0.2, 0.25) is 0 Å². The number of β-lactam (4-membered cyclic amide) rings is 1. The summed E-state index contributed by atoms with van der Waals surface area (Å²) in [5, 5.41) is 1.77. The summed E-state index contributed by atoms with van der Waals surface area (Å²) in [5.74, 6) is -0.973. The van der Waals surface area contributed by atoms with Crippen molar-refractivity contribution in [3.8, 4) is 5.75 Å². The second-order valence-electron chi connectivity index (χ2n) is 7.90. The molecule has 2 aliphatic heterocycles. The van der Waals surface area contributed by atoms with Crippen LogP contribution in [0.5, 0.6) is 5.75 Å². The quantitative estimate of drug-likeness (QED) is 0.434. The maximum absolute atomic E-state index is 12.7. The van der Waals surface area contributed by atoms with Crippen molar-refractivity contribution < 1.29 is 28.4 Å². The zero-order chi connectivity index (χ0) is 21.3. The molecule has 1 aromatic carbocycles. The molecule has 0 aromatic heterocycles. The Kier molecular flexibility index (Phi) is 5.90. The molecule has 0 saturated carbocycles. The number of carbonyl (C=O) groups excluding carboxylic acids is 3. The van der Waals surface area contributed by atoms with Crippen LogP contribution in [0, 0.1) is 0 Å². The average molecular weight is 420 g/mol. The number of fused-ring (bicyclic) bond motifs is 1. The van der Waals surface area contributed by atoms with E-state index in [4.69, 9.17) is 9.47 Å². The molecule has 0 spiro atoms. The fraction of sp³-hybridized carbons (Fsp3) is 0.450. The highest BCUT2D eigenvalue weighted by Gasteiger charge is 2.60. The predicted octanol–water partition coefficient (Wildman–Crippen LogP) is 1.10. The molecule has 9 heteroatoms. The lowest BCUT2D eigenvalue weighted by atomic mass is 10.0.